The van der Waals surface area contributed by atoms with Crippen molar-refractivity contribution >= 4 is 29.0 Å². The van der Waals surface area contributed by atoms with Gasteiger partial charge in [-0.25, -0.2) is 0 Å². The van der Waals surface area contributed by atoms with E-state index >= 15 is 0 Å². The fraction of sp³-hybridized carbons (Fsp3) is 0.528. The third-order valence-electron chi connectivity index (χ3n) is 11.1. The minimum atomic E-state index is -2.68. The Labute approximate surface area is 257 Å². The molecular formula is C36H41NO7. The first-order valence-corrected chi connectivity index (χ1v) is 16.0. The number of benzene rings is 2. The van der Waals surface area contributed by atoms with Crippen LogP contribution in [0.3, 0.4) is 0 Å². The van der Waals surface area contributed by atoms with E-state index in [2.05, 4.69) is 19.1 Å². The number of carbonyl (C=O) groups is 5. The van der Waals surface area contributed by atoms with Gasteiger partial charge in [0.15, 0.2) is 34.7 Å². The van der Waals surface area contributed by atoms with Gasteiger partial charge in [-0.05, 0) is 84.1 Å². The van der Waals surface area contributed by atoms with Crippen molar-refractivity contribution in [1.82, 2.24) is 0 Å². The quantitative estimate of drug-likeness (QED) is 0.435. The van der Waals surface area contributed by atoms with E-state index in [1.165, 1.54) is 37.3 Å². The Bertz CT molecular complexity index is 1550. The predicted molar refractivity (Wildman–Crippen MR) is 162 cm³/mol. The molecule has 2 unspecified atom stereocenters. The number of aromatic hydroxyl groups is 1. The second-order valence-corrected chi connectivity index (χ2v) is 14.2. The van der Waals surface area contributed by atoms with Crippen LogP contribution in [0.2, 0.25) is 0 Å². The number of fused-ring (bicyclic) bond motifs is 3. The molecule has 6 rings (SSSR count). The molecule has 0 radical (unpaired) electrons. The van der Waals surface area contributed by atoms with E-state index in [0.717, 1.165) is 23.5 Å². The van der Waals surface area contributed by atoms with Crippen molar-refractivity contribution in [3.05, 3.63) is 53.1 Å². The molecule has 0 aromatic heterocycles. The molecule has 8 heteroatoms. The normalized spacial score (nSPS) is 33.5. The van der Waals surface area contributed by atoms with Crippen LogP contribution in [0.5, 0.6) is 5.75 Å². The Morgan fingerprint density at radius 2 is 1.64 bits per heavy atom. The maximum Gasteiger partial charge on any atom is 0.235 e. The minimum Gasteiger partial charge on any atom is -0.507 e. The highest BCUT2D eigenvalue weighted by Crippen LogP contribution is 2.53. The number of hydrogen-bond donors (Lipinski definition) is 3. The first-order valence-electron chi connectivity index (χ1n) is 16.0. The third kappa shape index (κ3) is 4.64. The van der Waals surface area contributed by atoms with Gasteiger partial charge in [0.1, 0.15) is 5.75 Å². The van der Waals surface area contributed by atoms with Crippen molar-refractivity contribution in [2.75, 3.05) is 0 Å². The predicted octanol–water partition coefficient (Wildman–Crippen LogP) is 4.24. The van der Waals surface area contributed by atoms with Crippen LogP contribution >= 0.6 is 0 Å². The van der Waals surface area contributed by atoms with Gasteiger partial charge in [-0.15, -0.1) is 0 Å². The van der Waals surface area contributed by atoms with Gasteiger partial charge in [0.25, 0.3) is 0 Å². The fourth-order valence-corrected chi connectivity index (χ4v) is 8.81. The molecule has 6 atom stereocenters. The lowest BCUT2D eigenvalue weighted by molar-refractivity contribution is -0.182. The SMILES string of the molecule is CC1CCC(Cc2ccc(-c3ccc(O)c4c3C[C@H]3C[C@H]5[C@H](C(C)C)C(=O)C(C(N)=O)C(=O)[C@@]5(O)C(=O)C3C4=O)cc2)CC1. The third-order valence-corrected chi connectivity index (χ3v) is 11.1. The number of phenolic OH excluding ortho intramolecular Hbond substituents is 1. The van der Waals surface area contributed by atoms with Crippen LogP contribution in [0, 0.1) is 47.3 Å². The van der Waals surface area contributed by atoms with Crippen LogP contribution in [0.15, 0.2) is 36.4 Å². The molecule has 44 heavy (non-hydrogen) atoms. The number of primary amides is 1. The summed E-state index contributed by atoms with van der Waals surface area (Å²) in [6, 6.07) is 11.5. The second kappa shape index (κ2) is 11.1. The van der Waals surface area contributed by atoms with Crippen molar-refractivity contribution in [2.45, 2.75) is 71.3 Å². The van der Waals surface area contributed by atoms with Gasteiger partial charge in [-0.2, -0.15) is 0 Å². The number of carbonyl (C=O) groups excluding carboxylic acids is 5. The maximum atomic E-state index is 14.0. The van der Waals surface area contributed by atoms with Crippen LogP contribution in [0.25, 0.3) is 11.1 Å². The van der Waals surface area contributed by atoms with Crippen molar-refractivity contribution < 1.29 is 34.2 Å². The van der Waals surface area contributed by atoms with Crippen LogP contribution in [0.4, 0.5) is 0 Å². The highest BCUT2D eigenvalue weighted by atomic mass is 16.3. The van der Waals surface area contributed by atoms with Gasteiger partial charge in [-0.1, -0.05) is 63.9 Å². The number of aliphatic hydroxyl groups is 1. The molecule has 2 aromatic carbocycles. The second-order valence-electron chi connectivity index (χ2n) is 14.2. The Morgan fingerprint density at radius 1 is 0.977 bits per heavy atom. The Hall–Kier alpha value is -3.65. The van der Waals surface area contributed by atoms with E-state index in [4.69, 9.17) is 5.73 Å². The van der Waals surface area contributed by atoms with Crippen molar-refractivity contribution in [3.63, 3.8) is 0 Å². The zero-order chi connectivity index (χ0) is 31.7. The highest BCUT2D eigenvalue weighted by molar-refractivity contribution is 6.32. The molecular weight excluding hydrogens is 558 g/mol. The molecule has 0 aliphatic heterocycles. The zero-order valence-electron chi connectivity index (χ0n) is 25.5. The summed E-state index contributed by atoms with van der Waals surface area (Å²) in [6.07, 6.45) is 6.37. The number of nitrogens with two attached hydrogens (primary N) is 1. The average molecular weight is 600 g/mol. The van der Waals surface area contributed by atoms with Crippen LogP contribution in [0.1, 0.15) is 74.4 Å². The molecule has 8 nitrogen and oxygen atoms in total. The number of amides is 1. The molecule has 0 bridgehead atoms. The molecule has 2 aromatic rings. The Balaban J connectivity index is 1.35. The molecule has 3 fully saturated rings. The molecule has 0 heterocycles. The average Bonchev–Trinajstić information content (AvgIpc) is 2.96. The first-order chi connectivity index (χ1) is 20.8. The van der Waals surface area contributed by atoms with Crippen LogP contribution in [-0.4, -0.2) is 44.9 Å². The molecule has 4 aliphatic carbocycles. The van der Waals surface area contributed by atoms with E-state index in [9.17, 15) is 34.2 Å². The summed E-state index contributed by atoms with van der Waals surface area (Å²) in [7, 11) is 0. The summed E-state index contributed by atoms with van der Waals surface area (Å²) < 4.78 is 0. The lowest BCUT2D eigenvalue weighted by Crippen LogP contribution is -2.71. The summed E-state index contributed by atoms with van der Waals surface area (Å²) in [5.74, 6) is -9.92. The summed E-state index contributed by atoms with van der Waals surface area (Å²) in [6.45, 7) is 5.79. The van der Waals surface area contributed by atoms with Gasteiger partial charge in [0, 0.05) is 11.8 Å². The molecule has 4 aliphatic rings. The summed E-state index contributed by atoms with van der Waals surface area (Å²) in [5.41, 5.74) is 6.29. The van der Waals surface area contributed by atoms with Crippen LogP contribution < -0.4 is 5.73 Å². The van der Waals surface area contributed by atoms with Crippen molar-refractivity contribution in [3.8, 4) is 16.9 Å². The minimum absolute atomic E-state index is 0.0192. The number of hydrogen-bond acceptors (Lipinski definition) is 7. The number of rotatable bonds is 5. The Kier molecular flexibility index (Phi) is 7.63. The summed E-state index contributed by atoms with van der Waals surface area (Å²) >= 11 is 0. The summed E-state index contributed by atoms with van der Waals surface area (Å²) in [4.78, 5) is 67.1. The van der Waals surface area contributed by atoms with Gasteiger partial charge in [0.2, 0.25) is 5.91 Å². The topological polar surface area (TPSA) is 152 Å². The van der Waals surface area contributed by atoms with Gasteiger partial charge < -0.3 is 15.9 Å². The molecule has 0 spiro atoms. The lowest BCUT2D eigenvalue weighted by Gasteiger charge is -2.52. The number of ketones is 4. The van der Waals surface area contributed by atoms with Crippen LogP contribution in [-0.2, 0) is 32.0 Å². The largest absolute Gasteiger partial charge is 0.507 e. The standard InChI is InChI=1S/C36H41NO7/c1-17(2)27-25-16-22-15-24-23(21-10-8-20(9-11-21)14-19-6-4-18(3)5-7-19)12-13-26(38)29(24)32(40)28(22)33(41)36(25,44)34(42)30(31(27)39)35(37)43/h8-13,17-19,22,25,27-28,30,38,44H,4-7,14-16H2,1-3H3,(H2,37,43)/t18?,19?,22-,25-,27-,28?,30?,36-/m0/s1. The van der Waals surface area contributed by atoms with E-state index in [-0.39, 0.29) is 30.1 Å². The Morgan fingerprint density at radius 3 is 2.25 bits per heavy atom. The summed E-state index contributed by atoms with van der Waals surface area (Å²) in [5, 5.41) is 22.6. The van der Waals surface area contributed by atoms with E-state index in [0.29, 0.717) is 11.5 Å². The van der Waals surface area contributed by atoms with E-state index in [1.54, 1.807) is 19.9 Å². The van der Waals surface area contributed by atoms with Gasteiger partial charge in [-0.3, -0.25) is 24.0 Å². The molecule has 3 saturated carbocycles. The van der Waals surface area contributed by atoms with Crippen molar-refractivity contribution in [2.24, 2.45) is 53.1 Å². The zero-order valence-corrected chi connectivity index (χ0v) is 25.5. The first kappa shape index (κ1) is 30.4. The fourth-order valence-electron chi connectivity index (χ4n) is 8.81. The smallest absolute Gasteiger partial charge is 0.235 e. The van der Waals surface area contributed by atoms with Gasteiger partial charge in [0.05, 0.1) is 11.5 Å². The highest BCUT2D eigenvalue weighted by Gasteiger charge is 2.69. The van der Waals surface area contributed by atoms with Gasteiger partial charge >= 0.3 is 0 Å². The number of phenols is 1. The number of Topliss-reactive ketones (excluding diaryl/α,β-unsaturated/α-hetero) is 4. The monoisotopic (exact) mass is 599 g/mol. The van der Waals surface area contributed by atoms with E-state index in [1.807, 2.05) is 12.1 Å². The molecule has 0 saturated heterocycles. The van der Waals surface area contributed by atoms with Crippen molar-refractivity contribution in [1.29, 1.82) is 0 Å². The van der Waals surface area contributed by atoms with E-state index < -0.39 is 64.2 Å². The molecule has 232 valence electrons. The molecule has 4 N–H and O–H groups in total. The lowest BCUT2D eigenvalue weighted by atomic mass is 9.49. The molecule has 1 amide bonds. The maximum absolute atomic E-state index is 14.0.